The fourth-order valence-corrected chi connectivity index (χ4v) is 0.978. The SMILES string of the molecule is C=C(I)/C=C/CCCCC. The molecular formula is C9H15I. The van der Waals surface area contributed by atoms with Gasteiger partial charge in [-0.1, -0.05) is 38.5 Å². The molecule has 0 heterocycles. The Hall–Kier alpha value is 0.210. The smallest absolute Gasteiger partial charge is 0.00548 e. The second-order valence-electron chi connectivity index (χ2n) is 2.35. The van der Waals surface area contributed by atoms with Gasteiger partial charge in [-0.05, 0) is 35.4 Å². The Bertz CT molecular complexity index is 114. The van der Waals surface area contributed by atoms with Gasteiger partial charge in [-0.15, -0.1) is 0 Å². The first kappa shape index (κ1) is 10.2. The van der Waals surface area contributed by atoms with Crippen LogP contribution in [-0.2, 0) is 0 Å². The van der Waals surface area contributed by atoms with Crippen LogP contribution < -0.4 is 0 Å². The van der Waals surface area contributed by atoms with Crippen LogP contribution in [0.1, 0.15) is 32.6 Å². The largest absolute Gasteiger partial charge is 0.0856 e. The third-order valence-corrected chi connectivity index (χ3v) is 1.63. The molecule has 0 radical (unpaired) electrons. The zero-order chi connectivity index (χ0) is 7.82. The minimum atomic E-state index is 1.12. The Morgan fingerprint density at radius 2 is 2.20 bits per heavy atom. The van der Waals surface area contributed by atoms with Gasteiger partial charge in [0.05, 0.1) is 0 Å². The quantitative estimate of drug-likeness (QED) is 0.392. The van der Waals surface area contributed by atoms with Crippen LogP contribution in [0.4, 0.5) is 0 Å². The lowest BCUT2D eigenvalue weighted by Crippen LogP contribution is -1.70. The van der Waals surface area contributed by atoms with E-state index in [1.807, 2.05) is 0 Å². The molecule has 0 aromatic heterocycles. The molecule has 0 aliphatic heterocycles. The van der Waals surface area contributed by atoms with Crippen molar-refractivity contribution >= 4 is 22.6 Å². The number of allylic oxidation sites excluding steroid dienone is 3. The zero-order valence-corrected chi connectivity index (χ0v) is 8.73. The van der Waals surface area contributed by atoms with Crippen LogP contribution in [0.2, 0.25) is 0 Å². The third kappa shape index (κ3) is 8.21. The Kier molecular flexibility index (Phi) is 7.47. The van der Waals surface area contributed by atoms with Crippen molar-refractivity contribution in [1.82, 2.24) is 0 Å². The van der Waals surface area contributed by atoms with Gasteiger partial charge in [0.15, 0.2) is 0 Å². The minimum absolute atomic E-state index is 1.12. The number of halogens is 1. The highest BCUT2D eigenvalue weighted by molar-refractivity contribution is 14.1. The standard InChI is InChI=1S/C9H15I/c1-3-4-5-6-7-8-9(2)10/h7-8H,2-6H2,1H3/b8-7+. The first-order valence-corrected chi connectivity index (χ1v) is 4.86. The minimum Gasteiger partial charge on any atom is -0.0856 e. The van der Waals surface area contributed by atoms with E-state index in [-0.39, 0.29) is 0 Å². The van der Waals surface area contributed by atoms with Crippen LogP contribution in [0.3, 0.4) is 0 Å². The molecule has 0 nitrogen and oxygen atoms in total. The lowest BCUT2D eigenvalue weighted by atomic mass is 10.2. The molecule has 58 valence electrons. The molecule has 0 aromatic rings. The fourth-order valence-electron chi connectivity index (χ4n) is 0.723. The summed E-state index contributed by atoms with van der Waals surface area (Å²) in [7, 11) is 0. The molecule has 0 rings (SSSR count). The van der Waals surface area contributed by atoms with Gasteiger partial charge in [0.2, 0.25) is 0 Å². The number of hydrogen-bond donors (Lipinski definition) is 0. The highest BCUT2D eigenvalue weighted by Crippen LogP contribution is 2.05. The Balaban J connectivity index is 3.10. The highest BCUT2D eigenvalue weighted by Gasteiger charge is 1.81. The molecule has 0 spiro atoms. The molecule has 0 atom stereocenters. The van der Waals surface area contributed by atoms with Crippen LogP contribution in [0, 0.1) is 0 Å². The summed E-state index contributed by atoms with van der Waals surface area (Å²) in [5, 5.41) is 0. The summed E-state index contributed by atoms with van der Waals surface area (Å²) in [6.07, 6.45) is 9.45. The van der Waals surface area contributed by atoms with Crippen LogP contribution >= 0.6 is 22.6 Å². The van der Waals surface area contributed by atoms with Crippen LogP contribution in [0.5, 0.6) is 0 Å². The van der Waals surface area contributed by atoms with E-state index in [9.17, 15) is 0 Å². The Labute approximate surface area is 77.5 Å². The van der Waals surface area contributed by atoms with Crippen LogP contribution in [0.25, 0.3) is 0 Å². The summed E-state index contributed by atoms with van der Waals surface area (Å²) >= 11 is 2.22. The Morgan fingerprint density at radius 3 is 2.70 bits per heavy atom. The molecular weight excluding hydrogens is 235 g/mol. The van der Waals surface area contributed by atoms with Crippen molar-refractivity contribution in [3.05, 3.63) is 22.3 Å². The van der Waals surface area contributed by atoms with Gasteiger partial charge in [0, 0.05) is 3.58 Å². The normalized spacial score (nSPS) is 10.6. The van der Waals surface area contributed by atoms with E-state index < -0.39 is 0 Å². The molecule has 0 saturated carbocycles. The number of rotatable bonds is 5. The third-order valence-electron chi connectivity index (χ3n) is 1.27. The average molecular weight is 250 g/mol. The maximum atomic E-state index is 3.77. The summed E-state index contributed by atoms with van der Waals surface area (Å²) in [6.45, 7) is 6.00. The number of hydrogen-bond acceptors (Lipinski definition) is 0. The molecule has 0 saturated heterocycles. The second kappa shape index (κ2) is 7.32. The van der Waals surface area contributed by atoms with Crippen molar-refractivity contribution in [2.75, 3.05) is 0 Å². The maximum Gasteiger partial charge on any atom is 0.00548 e. The van der Waals surface area contributed by atoms with Gasteiger partial charge in [-0.25, -0.2) is 0 Å². The predicted molar refractivity (Wildman–Crippen MR) is 56.4 cm³/mol. The van der Waals surface area contributed by atoms with Crippen LogP contribution in [-0.4, -0.2) is 0 Å². The molecule has 0 unspecified atom stereocenters. The van der Waals surface area contributed by atoms with E-state index >= 15 is 0 Å². The molecule has 0 aliphatic carbocycles. The zero-order valence-electron chi connectivity index (χ0n) is 6.57. The number of unbranched alkanes of at least 4 members (excludes halogenated alkanes) is 3. The van der Waals surface area contributed by atoms with Crippen molar-refractivity contribution < 1.29 is 0 Å². The van der Waals surface area contributed by atoms with Gasteiger partial charge < -0.3 is 0 Å². The van der Waals surface area contributed by atoms with E-state index in [0.717, 1.165) is 3.58 Å². The molecule has 0 N–H and O–H groups in total. The molecule has 0 aromatic carbocycles. The summed E-state index contributed by atoms with van der Waals surface area (Å²) in [5.41, 5.74) is 0. The van der Waals surface area contributed by atoms with Crippen LogP contribution in [0.15, 0.2) is 22.3 Å². The summed E-state index contributed by atoms with van der Waals surface area (Å²) in [5.74, 6) is 0. The highest BCUT2D eigenvalue weighted by atomic mass is 127. The monoisotopic (exact) mass is 250 g/mol. The van der Waals surface area contributed by atoms with Gasteiger partial charge in [-0.2, -0.15) is 0 Å². The van der Waals surface area contributed by atoms with Crippen molar-refractivity contribution in [3.8, 4) is 0 Å². The average Bonchev–Trinajstić information content (AvgIpc) is 1.87. The molecule has 0 fully saturated rings. The van der Waals surface area contributed by atoms with E-state index in [2.05, 4.69) is 48.2 Å². The van der Waals surface area contributed by atoms with E-state index in [1.165, 1.54) is 25.7 Å². The topological polar surface area (TPSA) is 0 Å². The fraction of sp³-hybridized carbons (Fsp3) is 0.556. The van der Waals surface area contributed by atoms with Gasteiger partial charge in [0.1, 0.15) is 0 Å². The first-order chi connectivity index (χ1) is 4.77. The Morgan fingerprint density at radius 1 is 1.50 bits per heavy atom. The molecule has 0 bridgehead atoms. The van der Waals surface area contributed by atoms with Gasteiger partial charge >= 0.3 is 0 Å². The summed E-state index contributed by atoms with van der Waals surface area (Å²) in [4.78, 5) is 0. The van der Waals surface area contributed by atoms with E-state index in [0.29, 0.717) is 0 Å². The predicted octanol–water partition coefficient (Wildman–Crippen LogP) is 4.07. The lowest BCUT2D eigenvalue weighted by molar-refractivity contribution is 0.729. The summed E-state index contributed by atoms with van der Waals surface area (Å²) in [6, 6.07) is 0. The van der Waals surface area contributed by atoms with Crippen molar-refractivity contribution in [3.63, 3.8) is 0 Å². The first-order valence-electron chi connectivity index (χ1n) is 3.78. The summed E-state index contributed by atoms with van der Waals surface area (Å²) < 4.78 is 1.12. The molecule has 1 heteroatoms. The molecule has 0 amide bonds. The van der Waals surface area contributed by atoms with Gasteiger partial charge in [0.25, 0.3) is 0 Å². The molecule has 0 aliphatic rings. The van der Waals surface area contributed by atoms with Crippen molar-refractivity contribution in [1.29, 1.82) is 0 Å². The van der Waals surface area contributed by atoms with Crippen molar-refractivity contribution in [2.24, 2.45) is 0 Å². The van der Waals surface area contributed by atoms with E-state index in [4.69, 9.17) is 0 Å². The van der Waals surface area contributed by atoms with Gasteiger partial charge in [-0.3, -0.25) is 0 Å². The lowest BCUT2D eigenvalue weighted by Gasteiger charge is -1.90. The molecule has 10 heavy (non-hydrogen) atoms. The van der Waals surface area contributed by atoms with Crippen molar-refractivity contribution in [2.45, 2.75) is 32.6 Å². The van der Waals surface area contributed by atoms with E-state index in [1.54, 1.807) is 0 Å². The maximum absolute atomic E-state index is 3.77. The second-order valence-corrected chi connectivity index (χ2v) is 3.73.